The Labute approximate surface area is 870 Å². The number of nitrogens with zero attached hydrogens (tertiary/aromatic N) is 8. The van der Waals surface area contributed by atoms with Crippen molar-refractivity contribution in [2.24, 2.45) is 7.05 Å². The predicted octanol–water partition coefficient (Wildman–Crippen LogP) is 28.0. The van der Waals surface area contributed by atoms with Crippen molar-refractivity contribution in [3.05, 3.63) is 460 Å². The molecule has 8 aromatic heterocycles. The first-order valence-electron chi connectivity index (χ1n) is 51.7. The summed E-state index contributed by atoms with van der Waals surface area (Å²) in [6, 6.07) is 160. The average molecular weight is 1940 g/mol. The van der Waals surface area contributed by atoms with Gasteiger partial charge in [0, 0.05) is 181 Å². The normalized spacial score (nSPS) is 13.0. The van der Waals surface area contributed by atoms with Crippen LogP contribution in [0.4, 0.5) is 0 Å². The zero-order valence-electron chi connectivity index (χ0n) is 82.0. The van der Waals surface area contributed by atoms with E-state index in [1.165, 1.54) is 295 Å². The molecule has 8 nitrogen and oxygen atoms in total. The molecule has 0 N–H and O–H groups in total. The SMILES string of the molecule is CCc1c(CC)n2c3c(cccc13)B1c3ccccc3Sc3cc(-c4ccc5c(c4)c4ccccc4n5-c4ccccc4)cc-2c31.Cc1c(-c2cc3ccccc3n2C)c2cccc3c2n1-c1cc(-c2cccc(-n4c5ccccc5c5ccccc54)c2)cc2c1B3c1ccccc1S2.Cc1c(-c2ccccn2)c2cccc3c2n1-c1cccc2c1B3c1cccc(-c3cccc(-n4c5ccccc5c5ccccc54)c3)c1S2. The Morgan fingerprint density at radius 2 is 0.689 bits per heavy atom. The molecule has 27 aromatic rings. The molecule has 148 heavy (non-hydrogen) atoms. The molecule has 6 aliphatic rings. The number of fused-ring (bicyclic) bond motifs is 22. The molecule has 6 aliphatic heterocycles. The highest BCUT2D eigenvalue weighted by Crippen LogP contribution is 2.50. The molecular formula is C134H91B3N8S3. The van der Waals surface area contributed by atoms with Gasteiger partial charge in [-0.15, -0.1) is 0 Å². The minimum atomic E-state index is 0.144. The van der Waals surface area contributed by atoms with Crippen molar-refractivity contribution in [2.45, 2.75) is 69.9 Å². The van der Waals surface area contributed by atoms with Crippen molar-refractivity contribution in [1.82, 2.24) is 37.0 Å². The van der Waals surface area contributed by atoms with Gasteiger partial charge in [0.2, 0.25) is 20.1 Å². The van der Waals surface area contributed by atoms with Crippen LogP contribution in [0.3, 0.4) is 0 Å². The highest BCUT2D eigenvalue weighted by atomic mass is 32.2. The lowest BCUT2D eigenvalue weighted by molar-refractivity contribution is 0.927. The molecule has 0 saturated carbocycles. The molecule has 0 unspecified atom stereocenters. The summed E-state index contributed by atoms with van der Waals surface area (Å²) in [6.45, 7) is 9.75. The van der Waals surface area contributed by atoms with Gasteiger partial charge in [0.05, 0.1) is 44.5 Å². The Kier molecular flexibility index (Phi) is 19.1. The number of aryl methyl sites for hydroxylation is 2. The van der Waals surface area contributed by atoms with E-state index >= 15 is 0 Å². The van der Waals surface area contributed by atoms with Gasteiger partial charge in [0.25, 0.3) is 0 Å². The van der Waals surface area contributed by atoms with E-state index in [0.29, 0.717) is 0 Å². The van der Waals surface area contributed by atoms with E-state index in [2.05, 4.69) is 491 Å². The Hall–Kier alpha value is -16.9. The second-order valence-corrected chi connectivity index (χ2v) is 43.5. The molecule has 0 spiro atoms. The van der Waals surface area contributed by atoms with Gasteiger partial charge in [-0.05, 0) is 250 Å². The molecule has 0 radical (unpaired) electrons. The fourth-order valence-electron chi connectivity index (χ4n) is 26.8. The molecule has 0 bridgehead atoms. The highest BCUT2D eigenvalue weighted by molar-refractivity contribution is 8.00. The number of rotatable bonds is 10. The Bertz CT molecular complexity index is 10300. The molecule has 19 aromatic carbocycles. The smallest absolute Gasteiger partial charge is 0.249 e. The van der Waals surface area contributed by atoms with Crippen LogP contribution < -0.4 is 49.2 Å². The summed E-state index contributed by atoms with van der Waals surface area (Å²) in [5.41, 5.74) is 50.6. The molecular weight excluding hydrogens is 1850 g/mol. The summed E-state index contributed by atoms with van der Waals surface area (Å²) in [5, 5.41) is 12.9. The minimum absolute atomic E-state index is 0.144. The second-order valence-electron chi connectivity index (χ2n) is 40.3. The number of hydrogen-bond acceptors (Lipinski definition) is 4. The average Bonchev–Trinajstić information content (AvgIpc) is 1.42. The van der Waals surface area contributed by atoms with Gasteiger partial charge < -0.3 is 32.0 Å². The highest BCUT2D eigenvalue weighted by Gasteiger charge is 2.45. The maximum atomic E-state index is 4.80. The number of benzene rings is 19. The van der Waals surface area contributed by atoms with Gasteiger partial charge in [-0.3, -0.25) is 4.98 Å². The van der Waals surface area contributed by atoms with Crippen molar-refractivity contribution in [3.8, 4) is 90.0 Å². The number of pyridine rings is 1. The van der Waals surface area contributed by atoms with E-state index in [0.717, 1.165) is 18.5 Å². The summed E-state index contributed by atoms with van der Waals surface area (Å²) in [4.78, 5) is 12.9. The minimum Gasteiger partial charge on any atom is -0.344 e. The van der Waals surface area contributed by atoms with Gasteiger partial charge in [-0.1, -0.05) is 345 Å². The quantitative estimate of drug-likeness (QED) is 0.128. The first-order valence-corrected chi connectivity index (χ1v) is 54.1. The van der Waals surface area contributed by atoms with Crippen LogP contribution in [0.1, 0.15) is 36.5 Å². The van der Waals surface area contributed by atoms with Crippen molar-refractivity contribution < 1.29 is 0 Å². The summed E-state index contributed by atoms with van der Waals surface area (Å²) in [7, 11) is 2.21. The van der Waals surface area contributed by atoms with Crippen LogP contribution in [0, 0.1) is 13.8 Å². The molecule has 694 valence electrons. The number of para-hydroxylation sites is 10. The predicted molar refractivity (Wildman–Crippen MR) is 628 cm³/mol. The maximum Gasteiger partial charge on any atom is 0.249 e. The van der Waals surface area contributed by atoms with Gasteiger partial charge in [-0.2, -0.15) is 0 Å². The second kappa shape index (κ2) is 33.1. The van der Waals surface area contributed by atoms with Crippen molar-refractivity contribution in [2.75, 3.05) is 0 Å². The lowest BCUT2D eigenvalue weighted by Crippen LogP contribution is -2.58. The molecule has 0 saturated heterocycles. The van der Waals surface area contributed by atoms with E-state index in [9.17, 15) is 0 Å². The molecule has 33 rings (SSSR count). The first-order chi connectivity index (χ1) is 73.1. The summed E-state index contributed by atoms with van der Waals surface area (Å²) < 4.78 is 17.3. The third-order valence-electron chi connectivity index (χ3n) is 32.9. The van der Waals surface area contributed by atoms with Gasteiger partial charge in [0.15, 0.2) is 0 Å². The summed E-state index contributed by atoms with van der Waals surface area (Å²) >= 11 is 5.78. The molecule has 14 heterocycles. The maximum absolute atomic E-state index is 4.80. The van der Waals surface area contributed by atoms with Crippen LogP contribution in [0.15, 0.2) is 466 Å². The van der Waals surface area contributed by atoms with Crippen molar-refractivity contribution >= 4 is 214 Å². The van der Waals surface area contributed by atoms with Crippen molar-refractivity contribution in [3.63, 3.8) is 0 Å². The van der Waals surface area contributed by atoms with Gasteiger partial charge in [0.1, 0.15) is 0 Å². The third kappa shape index (κ3) is 12.4. The Morgan fingerprint density at radius 1 is 0.264 bits per heavy atom. The Balaban J connectivity index is 0.000000101. The van der Waals surface area contributed by atoms with Gasteiger partial charge in [-0.25, -0.2) is 0 Å². The zero-order valence-corrected chi connectivity index (χ0v) is 84.5. The number of hydrogen-bond donors (Lipinski definition) is 0. The standard InChI is InChI=1S/C48H32BN3S.C44H28BN3S.C42H31BN2S/c1-29-46(42-26-31-13-3-7-21-39(31)50(42)2)36-18-12-20-38-48(36)51(29)43-27-32(28-45-47(43)49(38)37-19-6-10-24-44(37)53-45)30-14-11-15-33(25-30)52-40-22-8-4-16-34(40)35-17-5-9-23-41(35)52;1-27-41(36-20-6-7-25-46-36)33-17-10-18-34-43(33)47(27)39-23-11-24-40-42(39)45(34)35-19-9-16-30(44(35)49-40)28-12-8-13-29(26-28)48-37-21-4-2-14-31(37)32-15-3-5-22-38(32)48;1-3-29-31-16-12-18-34-42(31)45(35(29)4-2)38-24-27(25-40-41(38)43(34)33-17-9-11-20-39(33)46-40)26-21-22-37-32(23-26)30-15-8-10-19-36(30)44(37)28-13-6-5-7-14-28/h3-28H,1-2H3;2-26H,1H3;5-25H,3-4H2,1-2H3. The van der Waals surface area contributed by atoms with E-state index in [1.807, 2.05) is 47.5 Å². The summed E-state index contributed by atoms with van der Waals surface area (Å²) in [5.74, 6) is 0. The van der Waals surface area contributed by atoms with Crippen LogP contribution in [0.5, 0.6) is 0 Å². The van der Waals surface area contributed by atoms with E-state index in [1.54, 1.807) is 0 Å². The summed E-state index contributed by atoms with van der Waals surface area (Å²) in [6.07, 6.45) is 3.95. The van der Waals surface area contributed by atoms with Crippen LogP contribution in [-0.4, -0.2) is 57.1 Å². The molecule has 0 aliphatic carbocycles. The van der Waals surface area contributed by atoms with Crippen LogP contribution in [0.25, 0.3) is 199 Å². The lowest BCUT2D eigenvalue weighted by Gasteiger charge is -2.34. The molecule has 0 atom stereocenters. The zero-order chi connectivity index (χ0) is 97.7. The number of aromatic nitrogens is 8. The fourth-order valence-corrected chi connectivity index (χ4v) is 30.5. The first kappa shape index (κ1) is 85.5. The van der Waals surface area contributed by atoms with Crippen molar-refractivity contribution in [1.29, 1.82) is 0 Å². The van der Waals surface area contributed by atoms with E-state index in [4.69, 9.17) is 4.98 Å². The monoisotopic (exact) mass is 1940 g/mol. The largest absolute Gasteiger partial charge is 0.344 e. The lowest BCUT2D eigenvalue weighted by atomic mass is 9.35. The fraction of sp³-hybridized carbons (Fsp3) is 0.0522. The van der Waals surface area contributed by atoms with Crippen LogP contribution in [-0.2, 0) is 19.9 Å². The van der Waals surface area contributed by atoms with Crippen LogP contribution >= 0.6 is 35.3 Å². The topological polar surface area (TPSA) is 47.4 Å². The van der Waals surface area contributed by atoms with E-state index in [-0.39, 0.29) is 20.1 Å². The van der Waals surface area contributed by atoms with Crippen LogP contribution in [0.2, 0.25) is 0 Å². The molecule has 0 fully saturated rings. The third-order valence-corrected chi connectivity index (χ3v) is 36.4. The van der Waals surface area contributed by atoms with E-state index < -0.39 is 0 Å². The molecule has 0 amide bonds. The molecule has 14 heteroatoms. The van der Waals surface area contributed by atoms with Gasteiger partial charge >= 0.3 is 0 Å². The Morgan fingerprint density at radius 3 is 1.28 bits per heavy atom.